The number of carbonyl (C=O) groups is 4. The molecule has 8 nitrogen and oxygen atoms in total. The molecule has 3 aliphatic carbocycles. The summed E-state index contributed by atoms with van der Waals surface area (Å²) in [5, 5.41) is 38.0. The minimum atomic E-state index is -1.47. The standard InChI is InChI=1S/C16H20O8/c1-16(2,3)6-4-5-7(12(17)18)10(14(21)22)9(6)11(15(23)24)8(5)13(19)20/h4-5,7-11H,1-3H3,(H,17,18)(H,19,20)(H,21,22)(H,23,24). The van der Waals surface area contributed by atoms with Gasteiger partial charge >= 0.3 is 23.9 Å². The van der Waals surface area contributed by atoms with E-state index in [1.807, 2.05) is 0 Å². The van der Waals surface area contributed by atoms with Crippen LogP contribution in [-0.4, -0.2) is 44.3 Å². The van der Waals surface area contributed by atoms with Gasteiger partial charge in [0, 0.05) is 11.8 Å². The highest BCUT2D eigenvalue weighted by Crippen LogP contribution is 2.58. The molecule has 4 unspecified atom stereocenters. The highest BCUT2D eigenvalue weighted by molar-refractivity contribution is 5.89. The fourth-order valence-electron chi connectivity index (χ4n) is 4.29. The Morgan fingerprint density at radius 3 is 1.33 bits per heavy atom. The molecule has 0 spiro atoms. The van der Waals surface area contributed by atoms with E-state index in [9.17, 15) is 39.6 Å². The van der Waals surface area contributed by atoms with Crippen LogP contribution in [0.2, 0.25) is 0 Å². The molecule has 0 heterocycles. The Balaban J connectivity index is 2.76. The monoisotopic (exact) mass is 340 g/mol. The molecule has 0 aromatic heterocycles. The van der Waals surface area contributed by atoms with Gasteiger partial charge in [-0.05, 0) is 5.41 Å². The zero-order valence-electron chi connectivity index (χ0n) is 13.5. The molecular formula is C16H20O8. The summed E-state index contributed by atoms with van der Waals surface area (Å²) >= 11 is 0. The lowest BCUT2D eigenvalue weighted by Crippen LogP contribution is -2.59. The lowest BCUT2D eigenvalue weighted by Gasteiger charge is -2.53. The van der Waals surface area contributed by atoms with E-state index in [4.69, 9.17) is 0 Å². The second-order valence-corrected chi connectivity index (χ2v) is 7.43. The van der Waals surface area contributed by atoms with E-state index in [2.05, 4.69) is 0 Å². The van der Waals surface area contributed by atoms with Gasteiger partial charge in [-0.25, -0.2) is 0 Å². The third-order valence-electron chi connectivity index (χ3n) is 5.11. The molecule has 0 saturated heterocycles. The lowest BCUT2D eigenvalue weighted by molar-refractivity contribution is -0.179. The SMILES string of the molecule is CC(C)(C)C1=CC2C(C(=O)O)C(C(=O)O)C1C(C(=O)O)C2C(=O)O. The molecule has 2 bridgehead atoms. The normalized spacial score (nSPS) is 35.2. The van der Waals surface area contributed by atoms with E-state index in [0.717, 1.165) is 0 Å². The predicted octanol–water partition coefficient (Wildman–Crippen LogP) is 1.02. The fourth-order valence-corrected chi connectivity index (χ4v) is 4.29. The maximum absolute atomic E-state index is 11.7. The highest BCUT2D eigenvalue weighted by atomic mass is 16.4. The van der Waals surface area contributed by atoms with Crippen LogP contribution in [0.1, 0.15) is 20.8 Å². The highest BCUT2D eigenvalue weighted by Gasteiger charge is 2.64. The Morgan fingerprint density at radius 1 is 0.750 bits per heavy atom. The van der Waals surface area contributed by atoms with Gasteiger partial charge in [0.2, 0.25) is 0 Å². The molecule has 132 valence electrons. The quantitative estimate of drug-likeness (QED) is 0.554. The molecule has 0 aromatic rings. The summed E-state index contributed by atoms with van der Waals surface area (Å²) in [6.45, 7) is 5.30. The van der Waals surface area contributed by atoms with Crippen molar-refractivity contribution in [2.45, 2.75) is 20.8 Å². The second kappa shape index (κ2) is 5.61. The molecule has 3 rings (SSSR count). The molecule has 1 fully saturated rings. The minimum absolute atomic E-state index is 0.502. The van der Waals surface area contributed by atoms with Crippen molar-refractivity contribution in [2.75, 3.05) is 0 Å². The van der Waals surface area contributed by atoms with Crippen LogP contribution in [0.4, 0.5) is 0 Å². The van der Waals surface area contributed by atoms with Gasteiger partial charge in [-0.1, -0.05) is 32.4 Å². The van der Waals surface area contributed by atoms with Gasteiger partial charge in [0.15, 0.2) is 0 Å². The molecule has 4 atom stereocenters. The lowest BCUT2D eigenvalue weighted by atomic mass is 9.48. The van der Waals surface area contributed by atoms with Crippen LogP contribution in [0.5, 0.6) is 0 Å². The number of allylic oxidation sites excluding steroid dienone is 2. The summed E-state index contributed by atoms with van der Waals surface area (Å²) in [6, 6.07) is 0. The van der Waals surface area contributed by atoms with E-state index in [1.165, 1.54) is 6.08 Å². The molecular weight excluding hydrogens is 320 g/mol. The molecule has 8 heteroatoms. The Bertz CT molecular complexity index is 601. The van der Waals surface area contributed by atoms with Crippen molar-refractivity contribution in [3.8, 4) is 0 Å². The topological polar surface area (TPSA) is 149 Å². The first-order valence-electron chi connectivity index (χ1n) is 7.53. The smallest absolute Gasteiger partial charge is 0.308 e. The van der Waals surface area contributed by atoms with E-state index in [-0.39, 0.29) is 0 Å². The van der Waals surface area contributed by atoms with Crippen molar-refractivity contribution >= 4 is 23.9 Å². The summed E-state index contributed by atoms with van der Waals surface area (Å²) in [4.78, 5) is 46.7. The zero-order chi connectivity index (χ0) is 18.6. The number of carboxylic acids is 4. The van der Waals surface area contributed by atoms with E-state index < -0.39 is 64.8 Å². The molecule has 3 aliphatic rings. The van der Waals surface area contributed by atoms with Gasteiger partial charge in [-0.3, -0.25) is 19.2 Å². The second-order valence-electron chi connectivity index (χ2n) is 7.43. The number of hydrogen-bond donors (Lipinski definition) is 4. The van der Waals surface area contributed by atoms with Crippen LogP contribution >= 0.6 is 0 Å². The van der Waals surface area contributed by atoms with Crippen molar-refractivity contribution in [1.82, 2.24) is 0 Å². The van der Waals surface area contributed by atoms with E-state index >= 15 is 0 Å². The van der Waals surface area contributed by atoms with Crippen LogP contribution in [0.15, 0.2) is 11.6 Å². The molecule has 24 heavy (non-hydrogen) atoms. The van der Waals surface area contributed by atoms with Crippen molar-refractivity contribution in [3.05, 3.63) is 11.6 Å². The third-order valence-corrected chi connectivity index (χ3v) is 5.11. The molecule has 0 aromatic carbocycles. The predicted molar refractivity (Wildman–Crippen MR) is 79.0 cm³/mol. The minimum Gasteiger partial charge on any atom is -0.481 e. The molecule has 0 amide bonds. The summed E-state index contributed by atoms with van der Waals surface area (Å²) < 4.78 is 0. The maximum Gasteiger partial charge on any atom is 0.308 e. The number of rotatable bonds is 4. The van der Waals surface area contributed by atoms with Gasteiger partial charge < -0.3 is 20.4 Å². The summed E-state index contributed by atoms with van der Waals surface area (Å²) in [5.74, 6) is -13.9. The van der Waals surface area contributed by atoms with Crippen LogP contribution in [0, 0.1) is 40.9 Å². The molecule has 0 radical (unpaired) electrons. The maximum atomic E-state index is 11.7. The fraction of sp³-hybridized carbons (Fsp3) is 0.625. The Morgan fingerprint density at radius 2 is 1.08 bits per heavy atom. The molecule has 1 saturated carbocycles. The summed E-state index contributed by atoms with van der Waals surface area (Å²) in [7, 11) is 0. The van der Waals surface area contributed by atoms with Crippen LogP contribution < -0.4 is 0 Å². The van der Waals surface area contributed by atoms with Crippen LogP contribution in [0.25, 0.3) is 0 Å². The van der Waals surface area contributed by atoms with Gasteiger partial charge in [0.05, 0.1) is 23.7 Å². The average Bonchev–Trinajstić information content (AvgIpc) is 2.43. The first kappa shape index (κ1) is 18.0. The van der Waals surface area contributed by atoms with Gasteiger partial charge in [0.25, 0.3) is 0 Å². The number of aliphatic carboxylic acids is 4. The van der Waals surface area contributed by atoms with Gasteiger partial charge in [-0.15, -0.1) is 0 Å². The summed E-state index contributed by atoms with van der Waals surface area (Å²) in [5.41, 5.74) is -0.0978. The largest absolute Gasteiger partial charge is 0.481 e. The first-order chi connectivity index (χ1) is 10.9. The number of fused-ring (bicyclic) bond motifs is 2. The van der Waals surface area contributed by atoms with E-state index in [0.29, 0.717) is 5.57 Å². The Kier molecular flexibility index (Phi) is 4.20. The average molecular weight is 340 g/mol. The Hall–Kier alpha value is -2.38. The first-order valence-corrected chi connectivity index (χ1v) is 7.53. The van der Waals surface area contributed by atoms with Crippen molar-refractivity contribution < 1.29 is 39.6 Å². The van der Waals surface area contributed by atoms with Crippen molar-refractivity contribution in [2.24, 2.45) is 40.9 Å². The Labute approximate surface area is 137 Å². The number of hydrogen-bond acceptors (Lipinski definition) is 4. The number of carboxylic acid groups (broad SMARTS) is 4. The van der Waals surface area contributed by atoms with Gasteiger partial charge in [0.1, 0.15) is 0 Å². The van der Waals surface area contributed by atoms with Crippen LogP contribution in [0.3, 0.4) is 0 Å². The molecule has 0 aliphatic heterocycles. The van der Waals surface area contributed by atoms with Crippen molar-refractivity contribution in [3.63, 3.8) is 0 Å². The van der Waals surface area contributed by atoms with E-state index in [1.54, 1.807) is 20.8 Å². The van der Waals surface area contributed by atoms with Crippen LogP contribution in [-0.2, 0) is 19.2 Å². The zero-order valence-corrected chi connectivity index (χ0v) is 13.5. The molecule has 4 N–H and O–H groups in total. The third kappa shape index (κ3) is 2.55. The van der Waals surface area contributed by atoms with Gasteiger partial charge in [-0.2, -0.15) is 0 Å². The summed E-state index contributed by atoms with van der Waals surface area (Å²) in [6.07, 6.45) is 1.49. The van der Waals surface area contributed by atoms with Crippen molar-refractivity contribution in [1.29, 1.82) is 0 Å².